The summed E-state index contributed by atoms with van der Waals surface area (Å²) in [6, 6.07) is 0. The molecule has 6 unspecified atom stereocenters. The molecule has 3 heteroatoms. The van der Waals surface area contributed by atoms with Gasteiger partial charge in [0.1, 0.15) is 0 Å². The number of fused-ring (bicyclic) bond motifs is 1. The molecule has 6 atom stereocenters. The zero-order valence-corrected chi connectivity index (χ0v) is 7.23. The van der Waals surface area contributed by atoms with Crippen LogP contribution in [0.5, 0.6) is 0 Å². The fourth-order valence-electron chi connectivity index (χ4n) is 3.48. The van der Waals surface area contributed by atoms with E-state index in [2.05, 4.69) is 6.92 Å². The summed E-state index contributed by atoms with van der Waals surface area (Å²) in [7, 11) is 0. The number of nitrogens with two attached hydrogens (primary N) is 1. The smallest absolute Gasteiger partial charge is 0.158 e. The molecule has 2 aliphatic carbocycles. The summed E-state index contributed by atoms with van der Waals surface area (Å²) in [6.07, 6.45) is 1.82. The molecule has 2 saturated carbocycles. The summed E-state index contributed by atoms with van der Waals surface area (Å²) >= 11 is 0. The van der Waals surface area contributed by atoms with Gasteiger partial charge < -0.3 is 15.6 Å². The monoisotopic (exact) mass is 169 g/mol. The highest BCUT2D eigenvalue weighted by Gasteiger charge is 2.64. The van der Waals surface area contributed by atoms with Gasteiger partial charge in [0, 0.05) is 11.5 Å². The van der Waals surface area contributed by atoms with Gasteiger partial charge in [-0.1, -0.05) is 0 Å². The lowest BCUT2D eigenvalue weighted by atomic mass is 9.78. The van der Waals surface area contributed by atoms with Crippen LogP contribution in [-0.4, -0.2) is 23.0 Å². The van der Waals surface area contributed by atoms with Crippen LogP contribution in [0, 0.1) is 17.8 Å². The van der Waals surface area contributed by atoms with E-state index in [-0.39, 0.29) is 11.6 Å². The third-order valence-electron chi connectivity index (χ3n) is 4.20. The van der Waals surface area contributed by atoms with Crippen LogP contribution in [0.15, 0.2) is 0 Å². The van der Waals surface area contributed by atoms with Crippen molar-refractivity contribution in [1.29, 1.82) is 0 Å². The molecular formula is C9H15NO2. The van der Waals surface area contributed by atoms with E-state index in [1.807, 2.05) is 0 Å². The topological polar surface area (TPSA) is 55.5 Å². The number of aliphatic hydroxyl groups excluding tert-OH is 1. The highest BCUT2D eigenvalue weighted by Crippen LogP contribution is 2.59. The van der Waals surface area contributed by atoms with E-state index in [4.69, 9.17) is 10.5 Å². The Hall–Kier alpha value is -0.120. The average Bonchev–Trinajstić information content (AvgIpc) is 2.53. The maximum Gasteiger partial charge on any atom is 0.158 e. The quantitative estimate of drug-likeness (QED) is 0.540. The molecule has 0 radical (unpaired) electrons. The molecule has 1 saturated heterocycles. The molecule has 1 aliphatic heterocycles. The van der Waals surface area contributed by atoms with E-state index in [1.165, 1.54) is 6.42 Å². The van der Waals surface area contributed by atoms with Gasteiger partial charge in [0.2, 0.25) is 0 Å². The lowest BCUT2D eigenvalue weighted by molar-refractivity contribution is -0.111. The molecule has 0 aromatic rings. The van der Waals surface area contributed by atoms with Gasteiger partial charge in [-0.15, -0.1) is 0 Å². The molecule has 0 spiro atoms. The Balaban J connectivity index is 2.02. The first-order chi connectivity index (χ1) is 5.60. The third kappa shape index (κ3) is 0.605. The van der Waals surface area contributed by atoms with Gasteiger partial charge in [-0.05, 0) is 31.6 Å². The fraction of sp³-hybridized carbons (Fsp3) is 1.00. The number of rotatable bonds is 0. The van der Waals surface area contributed by atoms with Gasteiger partial charge in [0.25, 0.3) is 0 Å². The Morgan fingerprint density at radius 2 is 2.08 bits per heavy atom. The second-order valence-electron chi connectivity index (χ2n) is 4.81. The SMILES string of the molecule is CC1(N)C2CC3C(O)OC1C3C2. The second-order valence-corrected chi connectivity index (χ2v) is 4.81. The van der Waals surface area contributed by atoms with Crippen LogP contribution < -0.4 is 5.73 Å². The predicted molar refractivity (Wildman–Crippen MR) is 43.2 cm³/mol. The summed E-state index contributed by atoms with van der Waals surface area (Å²) in [6.45, 7) is 2.07. The van der Waals surface area contributed by atoms with E-state index in [0.717, 1.165) is 6.42 Å². The Morgan fingerprint density at radius 1 is 1.42 bits per heavy atom. The fourth-order valence-corrected chi connectivity index (χ4v) is 3.48. The summed E-state index contributed by atoms with van der Waals surface area (Å²) < 4.78 is 5.48. The number of ether oxygens (including phenoxy) is 1. The van der Waals surface area contributed by atoms with E-state index in [1.54, 1.807) is 0 Å². The number of hydrogen-bond donors (Lipinski definition) is 2. The molecule has 3 nitrogen and oxygen atoms in total. The summed E-state index contributed by atoms with van der Waals surface area (Å²) in [5.74, 6) is 1.51. The van der Waals surface area contributed by atoms with Gasteiger partial charge in [-0.3, -0.25) is 0 Å². The van der Waals surface area contributed by atoms with Crippen LogP contribution in [0.2, 0.25) is 0 Å². The van der Waals surface area contributed by atoms with Crippen LogP contribution in [0.3, 0.4) is 0 Å². The molecule has 3 rings (SSSR count). The average molecular weight is 169 g/mol. The first-order valence-corrected chi connectivity index (χ1v) is 4.73. The minimum Gasteiger partial charge on any atom is -0.368 e. The molecule has 2 bridgehead atoms. The molecule has 0 aromatic heterocycles. The van der Waals surface area contributed by atoms with Crippen molar-refractivity contribution in [2.75, 3.05) is 0 Å². The molecule has 12 heavy (non-hydrogen) atoms. The number of hydrogen-bond acceptors (Lipinski definition) is 3. The third-order valence-corrected chi connectivity index (χ3v) is 4.20. The minimum atomic E-state index is -0.532. The van der Waals surface area contributed by atoms with Gasteiger partial charge in [0.05, 0.1) is 6.10 Å². The van der Waals surface area contributed by atoms with Gasteiger partial charge in [-0.2, -0.15) is 0 Å². The molecule has 0 aromatic carbocycles. The van der Waals surface area contributed by atoms with Crippen molar-refractivity contribution in [2.45, 2.75) is 37.7 Å². The molecule has 3 N–H and O–H groups in total. The van der Waals surface area contributed by atoms with Crippen molar-refractivity contribution < 1.29 is 9.84 Å². The Labute approximate surface area is 71.9 Å². The van der Waals surface area contributed by atoms with Gasteiger partial charge in [0.15, 0.2) is 6.29 Å². The van der Waals surface area contributed by atoms with Crippen molar-refractivity contribution >= 4 is 0 Å². The maximum atomic E-state index is 9.55. The van der Waals surface area contributed by atoms with Crippen molar-refractivity contribution in [3.63, 3.8) is 0 Å². The molecule has 3 fully saturated rings. The second kappa shape index (κ2) is 1.86. The van der Waals surface area contributed by atoms with Crippen LogP contribution in [0.1, 0.15) is 19.8 Å². The first kappa shape index (κ1) is 7.30. The van der Waals surface area contributed by atoms with E-state index in [9.17, 15) is 5.11 Å². The standard InChI is InChI=1S/C9H15NO2/c1-9(10)4-2-5-6(3-4)8(11)12-7(5)9/h4-8,11H,2-3,10H2,1H3. The van der Waals surface area contributed by atoms with Crippen molar-refractivity contribution in [2.24, 2.45) is 23.5 Å². The van der Waals surface area contributed by atoms with Crippen LogP contribution in [0.25, 0.3) is 0 Å². The Kier molecular flexibility index (Phi) is 1.13. The lowest BCUT2D eigenvalue weighted by Gasteiger charge is -2.33. The lowest BCUT2D eigenvalue weighted by Crippen LogP contribution is -2.51. The van der Waals surface area contributed by atoms with E-state index >= 15 is 0 Å². The van der Waals surface area contributed by atoms with Crippen molar-refractivity contribution in [1.82, 2.24) is 0 Å². The first-order valence-electron chi connectivity index (χ1n) is 4.73. The molecular weight excluding hydrogens is 154 g/mol. The highest BCUT2D eigenvalue weighted by molar-refractivity contribution is 5.15. The Bertz CT molecular complexity index is 229. The number of aliphatic hydroxyl groups is 1. The van der Waals surface area contributed by atoms with E-state index in [0.29, 0.717) is 17.8 Å². The van der Waals surface area contributed by atoms with Gasteiger partial charge in [-0.25, -0.2) is 0 Å². The largest absolute Gasteiger partial charge is 0.368 e. The summed E-state index contributed by atoms with van der Waals surface area (Å²) in [5.41, 5.74) is 5.99. The summed E-state index contributed by atoms with van der Waals surface area (Å²) in [5, 5.41) is 9.55. The van der Waals surface area contributed by atoms with E-state index < -0.39 is 6.29 Å². The highest BCUT2D eigenvalue weighted by atomic mass is 16.6. The Morgan fingerprint density at radius 3 is 2.67 bits per heavy atom. The zero-order valence-electron chi connectivity index (χ0n) is 7.23. The summed E-state index contributed by atoms with van der Waals surface area (Å²) in [4.78, 5) is 0. The van der Waals surface area contributed by atoms with Crippen LogP contribution >= 0.6 is 0 Å². The van der Waals surface area contributed by atoms with Gasteiger partial charge >= 0.3 is 0 Å². The zero-order chi connectivity index (χ0) is 8.51. The predicted octanol–water partition coefficient (Wildman–Crippen LogP) is 0.0770. The normalized spacial score (nSPS) is 67.8. The van der Waals surface area contributed by atoms with Crippen molar-refractivity contribution in [3.05, 3.63) is 0 Å². The molecule has 3 aliphatic rings. The molecule has 68 valence electrons. The molecule has 1 heterocycles. The van der Waals surface area contributed by atoms with Crippen molar-refractivity contribution in [3.8, 4) is 0 Å². The molecule has 0 amide bonds. The maximum absolute atomic E-state index is 9.55. The van der Waals surface area contributed by atoms with Crippen LogP contribution in [0.4, 0.5) is 0 Å². The van der Waals surface area contributed by atoms with Crippen LogP contribution in [-0.2, 0) is 4.74 Å². The minimum absolute atomic E-state index is 0.122.